The first-order valence-corrected chi connectivity index (χ1v) is 6.60. The van der Waals surface area contributed by atoms with Crippen LogP contribution >= 0.6 is 0 Å². The van der Waals surface area contributed by atoms with Gasteiger partial charge in [0.15, 0.2) is 5.78 Å². The number of carbonyl (C=O) groups is 1. The number of hydrogen-bond acceptors (Lipinski definition) is 3. The third-order valence-electron chi connectivity index (χ3n) is 3.03. The number of Topliss-reactive ketones (excluding diaryl/α,β-unsaturated/α-hetero) is 1. The Kier molecular flexibility index (Phi) is 6.44. The first-order chi connectivity index (χ1) is 8.71. The maximum Gasteiger partial charge on any atom is 0.176 e. The maximum absolute atomic E-state index is 12.1. The Balaban J connectivity index is 2.62. The summed E-state index contributed by atoms with van der Waals surface area (Å²) in [6, 6.07) is 7.36. The van der Waals surface area contributed by atoms with Crippen LogP contribution in [0.3, 0.4) is 0 Å². The first kappa shape index (κ1) is 14.7. The standard InChI is InChI=1S/C15H23NO2/c1-4-6-10-16(5-2)12-15(17)13-8-7-9-14(11-13)18-3/h7-9,11H,4-6,10,12H2,1-3H3. The molecule has 0 radical (unpaired) electrons. The zero-order valence-electron chi connectivity index (χ0n) is 11.6. The summed E-state index contributed by atoms with van der Waals surface area (Å²) in [5.41, 5.74) is 0.726. The van der Waals surface area contributed by atoms with Gasteiger partial charge in [-0.1, -0.05) is 32.4 Å². The Morgan fingerprint density at radius 3 is 2.72 bits per heavy atom. The van der Waals surface area contributed by atoms with Gasteiger partial charge in [-0.3, -0.25) is 9.69 Å². The minimum absolute atomic E-state index is 0.159. The quantitative estimate of drug-likeness (QED) is 0.663. The van der Waals surface area contributed by atoms with Crippen molar-refractivity contribution in [1.29, 1.82) is 0 Å². The Morgan fingerprint density at radius 1 is 1.33 bits per heavy atom. The number of nitrogens with zero attached hydrogens (tertiary/aromatic N) is 1. The number of ether oxygens (including phenoxy) is 1. The zero-order valence-corrected chi connectivity index (χ0v) is 11.6. The SMILES string of the molecule is CCCCN(CC)CC(=O)c1cccc(OC)c1. The van der Waals surface area contributed by atoms with Crippen molar-refractivity contribution in [2.24, 2.45) is 0 Å². The highest BCUT2D eigenvalue weighted by molar-refractivity contribution is 5.97. The van der Waals surface area contributed by atoms with Crippen LogP contribution in [0.25, 0.3) is 0 Å². The lowest BCUT2D eigenvalue weighted by molar-refractivity contribution is 0.0932. The number of hydrogen-bond donors (Lipinski definition) is 0. The summed E-state index contributed by atoms with van der Waals surface area (Å²) in [6.45, 7) is 6.65. The molecule has 3 heteroatoms. The van der Waals surface area contributed by atoms with Gasteiger partial charge in [0.2, 0.25) is 0 Å². The van der Waals surface area contributed by atoms with Crippen molar-refractivity contribution in [3.05, 3.63) is 29.8 Å². The third-order valence-corrected chi connectivity index (χ3v) is 3.03. The van der Waals surface area contributed by atoms with E-state index in [0.29, 0.717) is 6.54 Å². The van der Waals surface area contributed by atoms with Crippen LogP contribution < -0.4 is 4.74 Å². The molecule has 0 saturated heterocycles. The van der Waals surface area contributed by atoms with Gasteiger partial charge in [0.05, 0.1) is 13.7 Å². The molecule has 1 aromatic carbocycles. The number of benzene rings is 1. The van der Waals surface area contributed by atoms with Gasteiger partial charge in [0.25, 0.3) is 0 Å². The topological polar surface area (TPSA) is 29.5 Å². The number of likely N-dealkylation sites (N-methyl/N-ethyl adjacent to an activating group) is 1. The minimum Gasteiger partial charge on any atom is -0.497 e. The second kappa shape index (κ2) is 7.88. The number of methoxy groups -OCH3 is 1. The van der Waals surface area contributed by atoms with E-state index in [1.54, 1.807) is 13.2 Å². The summed E-state index contributed by atoms with van der Waals surface area (Å²) in [7, 11) is 1.61. The first-order valence-electron chi connectivity index (χ1n) is 6.60. The van der Waals surface area contributed by atoms with E-state index in [1.165, 1.54) is 0 Å². The predicted octanol–water partition coefficient (Wildman–Crippen LogP) is 3.00. The molecule has 0 atom stereocenters. The molecule has 0 aliphatic carbocycles. The zero-order chi connectivity index (χ0) is 13.4. The van der Waals surface area contributed by atoms with Gasteiger partial charge < -0.3 is 4.74 Å². The van der Waals surface area contributed by atoms with Crippen LogP contribution in [0, 0.1) is 0 Å². The molecule has 1 aromatic rings. The molecule has 0 aliphatic rings. The van der Waals surface area contributed by atoms with Crippen molar-refractivity contribution in [1.82, 2.24) is 4.90 Å². The van der Waals surface area contributed by atoms with Gasteiger partial charge in [0, 0.05) is 5.56 Å². The minimum atomic E-state index is 0.159. The molecule has 0 heterocycles. The molecular weight excluding hydrogens is 226 g/mol. The van der Waals surface area contributed by atoms with E-state index in [-0.39, 0.29) is 5.78 Å². The highest BCUT2D eigenvalue weighted by Gasteiger charge is 2.11. The fraction of sp³-hybridized carbons (Fsp3) is 0.533. The molecule has 0 spiro atoms. The molecule has 0 N–H and O–H groups in total. The lowest BCUT2D eigenvalue weighted by atomic mass is 10.1. The van der Waals surface area contributed by atoms with E-state index in [0.717, 1.165) is 37.2 Å². The van der Waals surface area contributed by atoms with Crippen LogP contribution in [0.4, 0.5) is 0 Å². The molecule has 3 nitrogen and oxygen atoms in total. The molecule has 100 valence electrons. The van der Waals surface area contributed by atoms with E-state index in [9.17, 15) is 4.79 Å². The van der Waals surface area contributed by atoms with E-state index < -0.39 is 0 Å². The fourth-order valence-corrected chi connectivity index (χ4v) is 1.82. The Morgan fingerprint density at radius 2 is 2.11 bits per heavy atom. The average Bonchev–Trinajstić information content (AvgIpc) is 2.43. The van der Waals surface area contributed by atoms with Crippen LogP contribution in [0.15, 0.2) is 24.3 Å². The van der Waals surface area contributed by atoms with Gasteiger partial charge in [-0.25, -0.2) is 0 Å². The van der Waals surface area contributed by atoms with Crippen LogP contribution in [0.2, 0.25) is 0 Å². The predicted molar refractivity (Wildman–Crippen MR) is 74.3 cm³/mol. The Hall–Kier alpha value is -1.35. The van der Waals surface area contributed by atoms with E-state index in [4.69, 9.17) is 4.74 Å². The second-order valence-electron chi connectivity index (χ2n) is 4.38. The summed E-state index contributed by atoms with van der Waals surface area (Å²) in [4.78, 5) is 14.3. The van der Waals surface area contributed by atoms with Crippen LogP contribution in [-0.2, 0) is 0 Å². The lowest BCUT2D eigenvalue weighted by Gasteiger charge is -2.19. The van der Waals surface area contributed by atoms with Gasteiger partial charge in [-0.2, -0.15) is 0 Å². The summed E-state index contributed by atoms with van der Waals surface area (Å²) in [6.07, 6.45) is 2.29. The maximum atomic E-state index is 12.1. The number of unbranched alkanes of at least 4 members (excludes halogenated alkanes) is 1. The summed E-state index contributed by atoms with van der Waals surface area (Å²) in [5.74, 6) is 0.893. The summed E-state index contributed by atoms with van der Waals surface area (Å²) < 4.78 is 5.14. The van der Waals surface area contributed by atoms with Crippen molar-refractivity contribution in [3.8, 4) is 5.75 Å². The normalized spacial score (nSPS) is 10.7. The summed E-state index contributed by atoms with van der Waals surface area (Å²) in [5, 5.41) is 0. The van der Waals surface area contributed by atoms with Crippen molar-refractivity contribution in [3.63, 3.8) is 0 Å². The van der Waals surface area contributed by atoms with E-state index in [2.05, 4.69) is 18.7 Å². The average molecular weight is 249 g/mol. The van der Waals surface area contributed by atoms with Gasteiger partial charge in [-0.15, -0.1) is 0 Å². The molecule has 0 aromatic heterocycles. The van der Waals surface area contributed by atoms with Gasteiger partial charge >= 0.3 is 0 Å². The smallest absolute Gasteiger partial charge is 0.176 e. The number of ketones is 1. The van der Waals surface area contributed by atoms with Crippen molar-refractivity contribution in [2.45, 2.75) is 26.7 Å². The highest BCUT2D eigenvalue weighted by Crippen LogP contribution is 2.13. The lowest BCUT2D eigenvalue weighted by Crippen LogP contribution is -2.30. The van der Waals surface area contributed by atoms with E-state index in [1.807, 2.05) is 18.2 Å². The number of rotatable bonds is 8. The monoisotopic (exact) mass is 249 g/mol. The van der Waals surface area contributed by atoms with Crippen LogP contribution in [0.5, 0.6) is 5.75 Å². The van der Waals surface area contributed by atoms with Gasteiger partial charge in [0.1, 0.15) is 5.75 Å². The fourth-order valence-electron chi connectivity index (χ4n) is 1.82. The molecule has 0 saturated carbocycles. The van der Waals surface area contributed by atoms with E-state index >= 15 is 0 Å². The molecule has 0 aliphatic heterocycles. The van der Waals surface area contributed by atoms with Crippen molar-refractivity contribution >= 4 is 5.78 Å². The van der Waals surface area contributed by atoms with Gasteiger partial charge in [-0.05, 0) is 31.6 Å². The molecule has 18 heavy (non-hydrogen) atoms. The van der Waals surface area contributed by atoms with Crippen molar-refractivity contribution < 1.29 is 9.53 Å². The Bertz CT molecular complexity index is 377. The molecule has 0 fully saturated rings. The highest BCUT2D eigenvalue weighted by atomic mass is 16.5. The molecular formula is C15H23NO2. The molecule has 0 unspecified atom stereocenters. The molecule has 0 bridgehead atoms. The third kappa shape index (κ3) is 4.49. The largest absolute Gasteiger partial charge is 0.497 e. The summed E-state index contributed by atoms with van der Waals surface area (Å²) >= 11 is 0. The van der Waals surface area contributed by atoms with Crippen LogP contribution in [-0.4, -0.2) is 37.4 Å². The second-order valence-corrected chi connectivity index (χ2v) is 4.38. The molecule has 1 rings (SSSR count). The molecule has 0 amide bonds. The van der Waals surface area contributed by atoms with Crippen LogP contribution in [0.1, 0.15) is 37.0 Å². The number of carbonyl (C=O) groups excluding carboxylic acids is 1. The van der Waals surface area contributed by atoms with Crippen molar-refractivity contribution in [2.75, 3.05) is 26.7 Å². The Labute approximate surface area is 110 Å².